The highest BCUT2D eigenvalue weighted by Crippen LogP contribution is 2.38. The van der Waals surface area contributed by atoms with Crippen LogP contribution in [0, 0.1) is 13.8 Å². The van der Waals surface area contributed by atoms with Crippen molar-refractivity contribution in [2.75, 3.05) is 13.1 Å². The van der Waals surface area contributed by atoms with E-state index in [-0.39, 0.29) is 12.1 Å². The molecule has 2 rings (SSSR count). The Kier molecular flexibility index (Phi) is 3.12. The predicted molar refractivity (Wildman–Crippen MR) is 59.7 cm³/mol. The van der Waals surface area contributed by atoms with Crippen molar-refractivity contribution in [3.05, 3.63) is 23.2 Å². The largest absolute Gasteiger partial charge is 0.466 e. The Morgan fingerprint density at radius 2 is 2.11 bits per heavy atom. The highest BCUT2D eigenvalue weighted by Gasteiger charge is 2.57. The number of halogens is 3. The third-order valence-corrected chi connectivity index (χ3v) is 3.33. The van der Waals surface area contributed by atoms with Gasteiger partial charge in [-0.3, -0.25) is 4.79 Å². The SMILES string of the molecule is Cc1cc(C(=O)N2CC[C@](O)(C(F)(F)F)C2)c(C)o1. The van der Waals surface area contributed by atoms with Gasteiger partial charge in [-0.2, -0.15) is 13.2 Å². The molecule has 0 spiro atoms. The maximum absolute atomic E-state index is 12.7. The van der Waals surface area contributed by atoms with Gasteiger partial charge in [-0.25, -0.2) is 0 Å². The zero-order valence-corrected chi connectivity index (χ0v) is 10.5. The number of hydrogen-bond donors (Lipinski definition) is 1. The molecule has 0 saturated carbocycles. The molecule has 19 heavy (non-hydrogen) atoms. The van der Waals surface area contributed by atoms with E-state index in [4.69, 9.17) is 4.42 Å². The molecule has 4 nitrogen and oxygen atoms in total. The molecule has 1 aliphatic heterocycles. The van der Waals surface area contributed by atoms with Crippen molar-refractivity contribution in [3.63, 3.8) is 0 Å². The number of β-amino-alcohol motifs (C(OH)–C–C–N with tert-alkyl or cyclic N) is 1. The molecule has 1 fully saturated rings. The summed E-state index contributed by atoms with van der Waals surface area (Å²) in [6.07, 6.45) is -5.23. The maximum atomic E-state index is 12.7. The number of hydrogen-bond acceptors (Lipinski definition) is 3. The molecule has 0 radical (unpaired) electrons. The van der Waals surface area contributed by atoms with Gasteiger partial charge in [0.25, 0.3) is 5.91 Å². The highest BCUT2D eigenvalue weighted by molar-refractivity contribution is 5.95. The summed E-state index contributed by atoms with van der Waals surface area (Å²) in [7, 11) is 0. The molecule has 106 valence electrons. The molecule has 2 heterocycles. The molecule has 1 atom stereocenters. The lowest BCUT2D eigenvalue weighted by Gasteiger charge is -2.25. The van der Waals surface area contributed by atoms with E-state index in [9.17, 15) is 23.1 Å². The van der Waals surface area contributed by atoms with Gasteiger partial charge < -0.3 is 14.4 Å². The van der Waals surface area contributed by atoms with Crippen LogP contribution in [0.25, 0.3) is 0 Å². The number of alkyl halides is 3. The molecule has 1 amide bonds. The van der Waals surface area contributed by atoms with Gasteiger partial charge in [-0.15, -0.1) is 0 Å². The van der Waals surface area contributed by atoms with Gasteiger partial charge in [0.2, 0.25) is 0 Å². The minimum Gasteiger partial charge on any atom is -0.466 e. The number of aryl methyl sites for hydroxylation is 2. The molecule has 1 saturated heterocycles. The Hall–Kier alpha value is -1.50. The number of likely N-dealkylation sites (tertiary alicyclic amines) is 1. The molecule has 1 N–H and O–H groups in total. The summed E-state index contributed by atoms with van der Waals surface area (Å²) < 4.78 is 43.2. The quantitative estimate of drug-likeness (QED) is 0.854. The Morgan fingerprint density at radius 3 is 2.53 bits per heavy atom. The lowest BCUT2D eigenvalue weighted by Crippen LogP contribution is -2.48. The second-order valence-electron chi connectivity index (χ2n) is 4.83. The number of carbonyl (C=O) groups excluding carboxylic acids is 1. The lowest BCUT2D eigenvalue weighted by atomic mass is 10.0. The fourth-order valence-electron chi connectivity index (χ4n) is 2.21. The first-order valence-corrected chi connectivity index (χ1v) is 5.79. The summed E-state index contributed by atoms with van der Waals surface area (Å²) in [6, 6.07) is 1.49. The lowest BCUT2D eigenvalue weighted by molar-refractivity contribution is -0.253. The molecular weight excluding hydrogens is 263 g/mol. The highest BCUT2D eigenvalue weighted by atomic mass is 19.4. The van der Waals surface area contributed by atoms with Gasteiger partial charge in [0.1, 0.15) is 11.5 Å². The summed E-state index contributed by atoms with van der Waals surface area (Å²) in [5, 5.41) is 9.53. The number of furan rings is 1. The first kappa shape index (κ1) is 13.9. The molecule has 1 aliphatic rings. The van der Waals surface area contributed by atoms with Crippen LogP contribution < -0.4 is 0 Å². The summed E-state index contributed by atoms with van der Waals surface area (Å²) >= 11 is 0. The number of aliphatic hydroxyl groups is 1. The normalized spacial score (nSPS) is 24.0. The van der Waals surface area contributed by atoms with Crippen molar-refractivity contribution in [3.8, 4) is 0 Å². The Morgan fingerprint density at radius 1 is 1.47 bits per heavy atom. The zero-order chi connectivity index (χ0) is 14.4. The molecule has 0 aliphatic carbocycles. The van der Waals surface area contributed by atoms with Gasteiger partial charge in [-0.05, 0) is 19.9 Å². The minimum atomic E-state index is -4.73. The summed E-state index contributed by atoms with van der Waals surface area (Å²) in [4.78, 5) is 13.1. The van der Waals surface area contributed by atoms with Crippen molar-refractivity contribution < 1.29 is 27.5 Å². The van der Waals surface area contributed by atoms with Crippen LogP contribution in [0.3, 0.4) is 0 Å². The van der Waals surface area contributed by atoms with Crippen LogP contribution in [-0.2, 0) is 0 Å². The minimum absolute atomic E-state index is 0.126. The van der Waals surface area contributed by atoms with Crippen molar-refractivity contribution in [1.29, 1.82) is 0 Å². The first-order valence-electron chi connectivity index (χ1n) is 5.79. The monoisotopic (exact) mass is 277 g/mol. The fraction of sp³-hybridized carbons (Fsp3) is 0.583. The van der Waals surface area contributed by atoms with Gasteiger partial charge >= 0.3 is 6.18 Å². The van der Waals surface area contributed by atoms with Crippen LogP contribution in [0.1, 0.15) is 28.3 Å². The van der Waals surface area contributed by atoms with E-state index in [1.165, 1.54) is 6.07 Å². The third-order valence-electron chi connectivity index (χ3n) is 3.33. The molecular formula is C12H14F3NO3. The van der Waals surface area contributed by atoms with E-state index >= 15 is 0 Å². The second kappa shape index (κ2) is 4.26. The molecule has 7 heteroatoms. The molecule has 1 aromatic heterocycles. The Bertz CT molecular complexity index is 509. The van der Waals surface area contributed by atoms with Crippen molar-refractivity contribution >= 4 is 5.91 Å². The molecule has 0 bridgehead atoms. The first-order chi connectivity index (χ1) is 8.64. The van der Waals surface area contributed by atoms with Gasteiger partial charge in [0.05, 0.1) is 12.1 Å². The Labute approximate surface area is 107 Å². The van der Waals surface area contributed by atoms with E-state index in [0.29, 0.717) is 11.5 Å². The average Bonchev–Trinajstić information content (AvgIpc) is 2.81. The predicted octanol–water partition coefficient (Wildman–Crippen LogP) is 2.04. The number of nitrogens with zero attached hydrogens (tertiary/aromatic N) is 1. The van der Waals surface area contributed by atoms with Crippen LogP contribution >= 0.6 is 0 Å². The number of rotatable bonds is 1. The van der Waals surface area contributed by atoms with Crippen LogP contribution in [0.5, 0.6) is 0 Å². The van der Waals surface area contributed by atoms with E-state index in [2.05, 4.69) is 0 Å². The summed E-state index contributed by atoms with van der Waals surface area (Å²) in [5.41, 5.74) is -2.57. The van der Waals surface area contributed by atoms with E-state index in [1.54, 1.807) is 13.8 Å². The van der Waals surface area contributed by atoms with E-state index < -0.39 is 30.7 Å². The topological polar surface area (TPSA) is 53.7 Å². The maximum Gasteiger partial charge on any atom is 0.419 e. The Balaban J connectivity index is 2.18. The van der Waals surface area contributed by atoms with Gasteiger partial charge in [0.15, 0.2) is 5.60 Å². The van der Waals surface area contributed by atoms with Crippen molar-refractivity contribution in [1.82, 2.24) is 4.90 Å². The smallest absolute Gasteiger partial charge is 0.419 e. The van der Waals surface area contributed by atoms with Crippen LogP contribution in [0.4, 0.5) is 13.2 Å². The second-order valence-corrected chi connectivity index (χ2v) is 4.83. The molecule has 0 unspecified atom stereocenters. The van der Waals surface area contributed by atoms with Crippen LogP contribution in [-0.4, -0.2) is 40.8 Å². The van der Waals surface area contributed by atoms with E-state index in [0.717, 1.165) is 4.90 Å². The van der Waals surface area contributed by atoms with Crippen LogP contribution in [0.15, 0.2) is 10.5 Å². The summed E-state index contributed by atoms with van der Waals surface area (Å²) in [5.74, 6) is 0.339. The van der Waals surface area contributed by atoms with Crippen molar-refractivity contribution in [2.24, 2.45) is 0 Å². The molecule has 0 aromatic carbocycles. The zero-order valence-electron chi connectivity index (χ0n) is 10.5. The molecule has 1 aromatic rings. The third kappa shape index (κ3) is 2.34. The van der Waals surface area contributed by atoms with Gasteiger partial charge in [-0.1, -0.05) is 0 Å². The average molecular weight is 277 g/mol. The number of amides is 1. The standard InChI is InChI=1S/C12H14F3NO3/c1-7-5-9(8(2)19-7)10(17)16-4-3-11(18,6-16)12(13,14)15/h5,18H,3-4,6H2,1-2H3/t11-/m1/s1. The fourth-order valence-corrected chi connectivity index (χ4v) is 2.21. The van der Waals surface area contributed by atoms with Crippen LogP contribution in [0.2, 0.25) is 0 Å². The van der Waals surface area contributed by atoms with Gasteiger partial charge in [0, 0.05) is 13.0 Å². The number of carbonyl (C=O) groups is 1. The van der Waals surface area contributed by atoms with E-state index in [1.807, 2.05) is 0 Å². The van der Waals surface area contributed by atoms with Crippen molar-refractivity contribution in [2.45, 2.75) is 32.0 Å². The summed E-state index contributed by atoms with van der Waals surface area (Å²) in [6.45, 7) is 2.36.